The van der Waals surface area contributed by atoms with E-state index in [-0.39, 0.29) is 0 Å². The van der Waals surface area contributed by atoms with Crippen LogP contribution in [-0.2, 0) is 0 Å². The maximum atomic E-state index is 2.64. The fraction of sp³-hybridized carbons (Fsp3) is 1.00. The van der Waals surface area contributed by atoms with Gasteiger partial charge in [0.1, 0.15) is 0 Å². The van der Waals surface area contributed by atoms with Crippen LogP contribution >= 0.6 is 0 Å². The molecular weight excluding hydrogens is 169 g/mol. The molecule has 0 heterocycles. The number of rotatable bonds is 4. The molecule has 0 aromatic carbocycles. The van der Waals surface area contributed by atoms with Gasteiger partial charge in [0.05, 0.1) is 0 Å². The molecule has 84 valence electrons. The first-order valence-corrected chi connectivity index (χ1v) is 5.99. The van der Waals surface area contributed by atoms with Crippen molar-refractivity contribution in [2.45, 2.75) is 79.1 Å². The van der Waals surface area contributed by atoms with Crippen LogP contribution in [0.15, 0.2) is 0 Å². The molecule has 0 aliphatic carbocycles. The van der Waals surface area contributed by atoms with Crippen molar-refractivity contribution in [1.29, 1.82) is 0 Å². The molecule has 0 aromatic heterocycles. The van der Waals surface area contributed by atoms with Crippen molar-refractivity contribution >= 4 is 6.85 Å². The van der Waals surface area contributed by atoms with Crippen LogP contribution in [0.2, 0.25) is 11.6 Å². The highest BCUT2D eigenvalue weighted by atomic mass is 15.1. The fourth-order valence-corrected chi connectivity index (χ4v) is 2.59. The third-order valence-corrected chi connectivity index (χ3v) is 2.94. The Morgan fingerprint density at radius 1 is 1.00 bits per heavy atom. The normalized spacial score (nSPS) is 13.1. The highest BCUT2D eigenvalue weighted by Gasteiger charge is 2.35. The van der Waals surface area contributed by atoms with Crippen LogP contribution < -0.4 is 0 Å². The number of hydrogen-bond donors (Lipinski definition) is 0. The van der Waals surface area contributed by atoms with E-state index < -0.39 is 0 Å². The Morgan fingerprint density at radius 3 is 1.43 bits per heavy atom. The van der Waals surface area contributed by atoms with Gasteiger partial charge in [-0.15, -0.1) is 0 Å². The monoisotopic (exact) mass is 197 g/mol. The zero-order valence-electron chi connectivity index (χ0n) is 11.4. The van der Waals surface area contributed by atoms with Crippen LogP contribution in [-0.4, -0.2) is 23.7 Å². The van der Waals surface area contributed by atoms with Crippen molar-refractivity contribution in [3.63, 3.8) is 0 Å². The molecule has 0 unspecified atom stereocenters. The summed E-state index contributed by atoms with van der Waals surface area (Å²) in [4.78, 5) is 2.64. The van der Waals surface area contributed by atoms with Gasteiger partial charge in [0, 0.05) is 0 Å². The number of nitrogens with zero attached hydrogens (tertiary/aromatic N) is 1. The van der Waals surface area contributed by atoms with E-state index in [1.807, 2.05) is 0 Å². The van der Waals surface area contributed by atoms with Crippen molar-refractivity contribution in [1.82, 2.24) is 4.81 Å². The Hall–Kier alpha value is 0.0249. The summed E-state index contributed by atoms with van der Waals surface area (Å²) in [5.74, 6) is 0. The molecule has 2 heteroatoms. The van der Waals surface area contributed by atoms with Crippen molar-refractivity contribution in [3.05, 3.63) is 0 Å². The van der Waals surface area contributed by atoms with Crippen LogP contribution in [0.1, 0.15) is 55.4 Å². The van der Waals surface area contributed by atoms with Crippen molar-refractivity contribution in [2.75, 3.05) is 0 Å². The standard InChI is InChI=1S/C12H28BN/c1-9-13(12(6,7)8)14(10(2)3)11(4)5/h10-11H,9H2,1-8H3. The Labute approximate surface area is 91.4 Å². The molecular formula is C12H28BN. The van der Waals surface area contributed by atoms with E-state index in [1.54, 1.807) is 0 Å². The minimum atomic E-state index is 0.378. The second kappa shape index (κ2) is 5.20. The summed E-state index contributed by atoms with van der Waals surface area (Å²) in [5, 5.41) is 0.378. The van der Waals surface area contributed by atoms with Crippen molar-refractivity contribution < 1.29 is 0 Å². The van der Waals surface area contributed by atoms with E-state index in [0.29, 0.717) is 24.2 Å². The molecule has 1 nitrogen and oxygen atoms in total. The lowest BCUT2D eigenvalue weighted by atomic mass is 9.40. The van der Waals surface area contributed by atoms with E-state index in [1.165, 1.54) is 6.32 Å². The summed E-state index contributed by atoms with van der Waals surface area (Å²) in [6, 6.07) is 1.28. The minimum absolute atomic E-state index is 0.378. The molecule has 0 aromatic rings. The Balaban J connectivity index is 4.77. The molecule has 0 amide bonds. The van der Waals surface area contributed by atoms with Crippen LogP contribution in [0.4, 0.5) is 0 Å². The lowest BCUT2D eigenvalue weighted by Gasteiger charge is -2.42. The smallest absolute Gasteiger partial charge is 0.228 e. The molecule has 0 spiro atoms. The average Bonchev–Trinajstić information content (AvgIpc) is 1.95. The van der Waals surface area contributed by atoms with Crippen LogP contribution in [0.3, 0.4) is 0 Å². The zero-order chi connectivity index (χ0) is 11.5. The Bertz CT molecular complexity index is 150. The molecule has 0 bridgehead atoms. The van der Waals surface area contributed by atoms with Gasteiger partial charge in [0.15, 0.2) is 0 Å². The van der Waals surface area contributed by atoms with E-state index >= 15 is 0 Å². The molecule has 0 aliphatic heterocycles. The molecule has 0 N–H and O–H groups in total. The Kier molecular flexibility index (Phi) is 5.21. The first-order valence-electron chi connectivity index (χ1n) is 5.99. The average molecular weight is 197 g/mol. The first-order chi connectivity index (χ1) is 6.21. The fourth-order valence-electron chi connectivity index (χ4n) is 2.59. The molecule has 0 atom stereocenters. The second-order valence-electron chi connectivity index (χ2n) is 5.92. The van der Waals surface area contributed by atoms with Gasteiger partial charge in [0.2, 0.25) is 6.85 Å². The Morgan fingerprint density at radius 2 is 1.36 bits per heavy atom. The predicted octanol–water partition coefficient (Wildman–Crippen LogP) is 3.92. The summed E-state index contributed by atoms with van der Waals surface area (Å²) < 4.78 is 0. The summed E-state index contributed by atoms with van der Waals surface area (Å²) in [6.07, 6.45) is 1.24. The van der Waals surface area contributed by atoms with E-state index in [2.05, 4.69) is 60.2 Å². The van der Waals surface area contributed by atoms with E-state index in [9.17, 15) is 0 Å². The minimum Gasteiger partial charge on any atom is -0.337 e. The summed E-state index contributed by atoms with van der Waals surface area (Å²) in [6.45, 7) is 19.2. The van der Waals surface area contributed by atoms with Crippen molar-refractivity contribution in [2.24, 2.45) is 0 Å². The van der Waals surface area contributed by atoms with Crippen LogP contribution in [0.5, 0.6) is 0 Å². The van der Waals surface area contributed by atoms with Gasteiger partial charge in [-0.25, -0.2) is 0 Å². The third kappa shape index (κ3) is 3.64. The summed E-state index contributed by atoms with van der Waals surface area (Å²) in [5.41, 5.74) is 0. The van der Waals surface area contributed by atoms with Gasteiger partial charge in [-0.3, -0.25) is 0 Å². The van der Waals surface area contributed by atoms with Gasteiger partial charge in [-0.2, -0.15) is 0 Å². The molecule has 0 rings (SSSR count). The highest BCUT2D eigenvalue weighted by molar-refractivity contribution is 6.59. The maximum Gasteiger partial charge on any atom is 0.228 e. The topological polar surface area (TPSA) is 3.24 Å². The number of hydrogen-bond acceptors (Lipinski definition) is 1. The molecule has 0 fully saturated rings. The lowest BCUT2D eigenvalue weighted by molar-refractivity contribution is 0.290. The van der Waals surface area contributed by atoms with E-state index in [4.69, 9.17) is 0 Å². The molecule has 0 saturated carbocycles. The van der Waals surface area contributed by atoms with Gasteiger partial charge >= 0.3 is 0 Å². The quantitative estimate of drug-likeness (QED) is 0.617. The van der Waals surface area contributed by atoms with Crippen molar-refractivity contribution in [3.8, 4) is 0 Å². The largest absolute Gasteiger partial charge is 0.337 e. The highest BCUT2D eigenvalue weighted by Crippen LogP contribution is 2.33. The zero-order valence-corrected chi connectivity index (χ0v) is 11.4. The van der Waals surface area contributed by atoms with Gasteiger partial charge in [-0.1, -0.05) is 61.7 Å². The van der Waals surface area contributed by atoms with E-state index in [0.717, 1.165) is 0 Å². The SMILES string of the molecule is CCB(N(C(C)C)C(C)C)C(C)(C)C. The molecule has 0 saturated heterocycles. The first kappa shape index (κ1) is 14.0. The van der Waals surface area contributed by atoms with Crippen LogP contribution in [0.25, 0.3) is 0 Å². The second-order valence-corrected chi connectivity index (χ2v) is 5.92. The molecule has 14 heavy (non-hydrogen) atoms. The lowest BCUT2D eigenvalue weighted by Crippen LogP contribution is -2.52. The van der Waals surface area contributed by atoms with Gasteiger partial charge < -0.3 is 4.81 Å². The molecule has 0 radical (unpaired) electrons. The summed E-state index contributed by atoms with van der Waals surface area (Å²) >= 11 is 0. The van der Waals surface area contributed by atoms with Crippen LogP contribution in [0, 0.1) is 0 Å². The predicted molar refractivity (Wildman–Crippen MR) is 68.1 cm³/mol. The van der Waals surface area contributed by atoms with Gasteiger partial charge in [-0.05, 0) is 17.4 Å². The molecule has 0 aliphatic rings. The van der Waals surface area contributed by atoms with Gasteiger partial charge in [0.25, 0.3) is 0 Å². The maximum absolute atomic E-state index is 2.64. The third-order valence-electron chi connectivity index (χ3n) is 2.94. The summed E-state index contributed by atoms with van der Waals surface area (Å²) in [7, 11) is 0.